The van der Waals surface area contributed by atoms with Crippen molar-refractivity contribution in [3.05, 3.63) is 47.3 Å². The van der Waals surface area contributed by atoms with Crippen LogP contribution < -0.4 is 10.2 Å². The van der Waals surface area contributed by atoms with Crippen LogP contribution >= 0.6 is 0 Å². The van der Waals surface area contributed by atoms with Gasteiger partial charge in [-0.15, -0.1) is 0 Å². The van der Waals surface area contributed by atoms with Gasteiger partial charge in [-0.1, -0.05) is 18.2 Å². The number of carbonyl (C=O) groups is 1. The first kappa shape index (κ1) is 16.4. The highest BCUT2D eigenvalue weighted by Crippen LogP contribution is 2.23. The minimum absolute atomic E-state index is 0.0479. The molecule has 24 heavy (non-hydrogen) atoms. The van der Waals surface area contributed by atoms with E-state index in [0.717, 1.165) is 54.5 Å². The number of piperidine rings is 1. The molecule has 1 aliphatic heterocycles. The Kier molecular flexibility index (Phi) is 4.79. The predicted octanol–water partition coefficient (Wildman–Crippen LogP) is 3.26. The van der Waals surface area contributed by atoms with Gasteiger partial charge >= 0.3 is 0 Å². The van der Waals surface area contributed by atoms with Gasteiger partial charge in [0.05, 0.1) is 0 Å². The third-order valence-corrected chi connectivity index (χ3v) is 4.52. The lowest BCUT2D eigenvalue weighted by molar-refractivity contribution is -0.120. The number of amides is 1. The number of aryl methyl sites for hydroxylation is 3. The normalized spacial score (nSPS) is 15.4. The Morgan fingerprint density at radius 3 is 2.33 bits per heavy atom. The summed E-state index contributed by atoms with van der Waals surface area (Å²) in [4.78, 5) is 23.7. The SMILES string of the molecule is Cc1cc(C)nc(N2CCC(C(=O)Nc3ccccc3C)CC2)n1. The van der Waals surface area contributed by atoms with Crippen molar-refractivity contribution >= 4 is 17.5 Å². The molecule has 0 spiro atoms. The van der Waals surface area contributed by atoms with Gasteiger partial charge in [0, 0.05) is 36.1 Å². The van der Waals surface area contributed by atoms with E-state index in [1.165, 1.54) is 0 Å². The molecule has 0 radical (unpaired) electrons. The summed E-state index contributed by atoms with van der Waals surface area (Å²) in [5.41, 5.74) is 3.96. The van der Waals surface area contributed by atoms with Gasteiger partial charge in [-0.2, -0.15) is 0 Å². The first-order chi connectivity index (χ1) is 11.5. The molecule has 2 heterocycles. The molecule has 1 aromatic heterocycles. The number of anilines is 2. The maximum atomic E-state index is 12.5. The lowest BCUT2D eigenvalue weighted by atomic mass is 9.96. The largest absolute Gasteiger partial charge is 0.341 e. The molecule has 0 saturated carbocycles. The van der Waals surface area contributed by atoms with Gasteiger partial charge in [0.25, 0.3) is 0 Å². The van der Waals surface area contributed by atoms with Crippen molar-refractivity contribution in [2.45, 2.75) is 33.6 Å². The molecule has 0 atom stereocenters. The zero-order chi connectivity index (χ0) is 17.1. The topological polar surface area (TPSA) is 58.1 Å². The summed E-state index contributed by atoms with van der Waals surface area (Å²) in [7, 11) is 0. The number of benzene rings is 1. The number of para-hydroxylation sites is 1. The molecule has 0 aliphatic carbocycles. The van der Waals surface area contributed by atoms with E-state index in [1.54, 1.807) is 0 Å². The Bertz CT molecular complexity index is 716. The minimum Gasteiger partial charge on any atom is -0.341 e. The zero-order valence-corrected chi connectivity index (χ0v) is 14.5. The number of hydrogen-bond acceptors (Lipinski definition) is 4. The summed E-state index contributed by atoms with van der Waals surface area (Å²) < 4.78 is 0. The molecule has 0 unspecified atom stereocenters. The summed E-state index contributed by atoms with van der Waals surface area (Å²) >= 11 is 0. The summed E-state index contributed by atoms with van der Waals surface area (Å²) in [6.07, 6.45) is 1.65. The molecule has 1 N–H and O–H groups in total. The van der Waals surface area contributed by atoms with Crippen molar-refractivity contribution in [1.29, 1.82) is 0 Å². The van der Waals surface area contributed by atoms with Crippen LogP contribution in [-0.2, 0) is 4.79 Å². The molecule has 3 rings (SSSR count). The van der Waals surface area contributed by atoms with Crippen molar-refractivity contribution in [1.82, 2.24) is 9.97 Å². The van der Waals surface area contributed by atoms with E-state index in [0.29, 0.717) is 0 Å². The monoisotopic (exact) mass is 324 g/mol. The fourth-order valence-corrected chi connectivity index (χ4v) is 3.14. The fraction of sp³-hybridized carbons (Fsp3) is 0.421. The van der Waals surface area contributed by atoms with Crippen LogP contribution in [0.15, 0.2) is 30.3 Å². The van der Waals surface area contributed by atoms with Gasteiger partial charge in [0.2, 0.25) is 11.9 Å². The van der Waals surface area contributed by atoms with E-state index in [1.807, 2.05) is 51.1 Å². The highest BCUT2D eigenvalue weighted by atomic mass is 16.1. The van der Waals surface area contributed by atoms with Crippen LogP contribution in [0.1, 0.15) is 29.8 Å². The summed E-state index contributed by atoms with van der Waals surface area (Å²) in [6.45, 7) is 7.61. The van der Waals surface area contributed by atoms with Crippen LogP contribution in [0.5, 0.6) is 0 Å². The number of carbonyl (C=O) groups excluding carboxylic acids is 1. The van der Waals surface area contributed by atoms with E-state index in [-0.39, 0.29) is 11.8 Å². The minimum atomic E-state index is 0.0479. The molecular weight excluding hydrogens is 300 g/mol. The predicted molar refractivity (Wildman–Crippen MR) is 96.3 cm³/mol. The number of hydrogen-bond donors (Lipinski definition) is 1. The van der Waals surface area contributed by atoms with E-state index >= 15 is 0 Å². The molecule has 1 aromatic carbocycles. The summed E-state index contributed by atoms with van der Waals surface area (Å²) in [6, 6.07) is 9.86. The number of rotatable bonds is 3. The average Bonchev–Trinajstić information content (AvgIpc) is 2.56. The van der Waals surface area contributed by atoms with Crippen LogP contribution in [0, 0.1) is 26.7 Å². The molecule has 5 nitrogen and oxygen atoms in total. The maximum Gasteiger partial charge on any atom is 0.227 e. The molecule has 1 amide bonds. The number of aromatic nitrogens is 2. The van der Waals surface area contributed by atoms with Gasteiger partial charge < -0.3 is 10.2 Å². The van der Waals surface area contributed by atoms with E-state index < -0.39 is 0 Å². The van der Waals surface area contributed by atoms with Gasteiger partial charge in [-0.05, 0) is 51.3 Å². The Morgan fingerprint density at radius 2 is 1.71 bits per heavy atom. The zero-order valence-electron chi connectivity index (χ0n) is 14.5. The second-order valence-corrected chi connectivity index (χ2v) is 6.52. The van der Waals surface area contributed by atoms with Crippen molar-refractivity contribution < 1.29 is 4.79 Å². The molecule has 0 bridgehead atoms. The fourth-order valence-electron chi connectivity index (χ4n) is 3.14. The van der Waals surface area contributed by atoms with E-state index in [2.05, 4.69) is 20.2 Å². The van der Waals surface area contributed by atoms with Gasteiger partial charge in [-0.25, -0.2) is 9.97 Å². The van der Waals surface area contributed by atoms with Gasteiger partial charge in [0.15, 0.2) is 0 Å². The Balaban J connectivity index is 1.60. The van der Waals surface area contributed by atoms with Crippen LogP contribution in [0.4, 0.5) is 11.6 Å². The Hall–Kier alpha value is -2.43. The smallest absolute Gasteiger partial charge is 0.227 e. The van der Waals surface area contributed by atoms with Crippen LogP contribution in [0.25, 0.3) is 0 Å². The molecule has 1 saturated heterocycles. The molecule has 126 valence electrons. The third-order valence-electron chi connectivity index (χ3n) is 4.52. The number of nitrogens with zero attached hydrogens (tertiary/aromatic N) is 3. The van der Waals surface area contributed by atoms with Gasteiger partial charge in [-0.3, -0.25) is 4.79 Å². The standard InChI is InChI=1S/C19H24N4O/c1-13-6-4-5-7-17(13)22-18(24)16-8-10-23(11-9-16)19-20-14(2)12-15(3)21-19/h4-7,12,16H,8-11H2,1-3H3,(H,22,24). The Morgan fingerprint density at radius 1 is 1.08 bits per heavy atom. The van der Waals surface area contributed by atoms with Crippen LogP contribution in [0.3, 0.4) is 0 Å². The molecule has 1 aliphatic rings. The van der Waals surface area contributed by atoms with Crippen LogP contribution in [-0.4, -0.2) is 29.0 Å². The highest BCUT2D eigenvalue weighted by molar-refractivity contribution is 5.93. The second kappa shape index (κ2) is 6.99. The van der Waals surface area contributed by atoms with Crippen molar-refractivity contribution in [3.8, 4) is 0 Å². The summed E-state index contributed by atoms with van der Waals surface area (Å²) in [5.74, 6) is 0.947. The maximum absolute atomic E-state index is 12.5. The van der Waals surface area contributed by atoms with Crippen molar-refractivity contribution in [2.24, 2.45) is 5.92 Å². The molecule has 5 heteroatoms. The third kappa shape index (κ3) is 3.72. The van der Waals surface area contributed by atoms with E-state index in [4.69, 9.17) is 0 Å². The molecule has 1 fully saturated rings. The number of nitrogens with one attached hydrogen (secondary N) is 1. The molecule has 2 aromatic rings. The Labute approximate surface area is 143 Å². The first-order valence-electron chi connectivity index (χ1n) is 8.46. The van der Waals surface area contributed by atoms with Crippen molar-refractivity contribution in [3.63, 3.8) is 0 Å². The highest BCUT2D eigenvalue weighted by Gasteiger charge is 2.26. The lowest BCUT2D eigenvalue weighted by Gasteiger charge is -2.31. The lowest BCUT2D eigenvalue weighted by Crippen LogP contribution is -2.39. The quantitative estimate of drug-likeness (QED) is 0.941. The molecular formula is C19H24N4O. The van der Waals surface area contributed by atoms with Crippen molar-refractivity contribution in [2.75, 3.05) is 23.3 Å². The second-order valence-electron chi connectivity index (χ2n) is 6.52. The van der Waals surface area contributed by atoms with E-state index in [9.17, 15) is 4.79 Å². The average molecular weight is 324 g/mol. The summed E-state index contributed by atoms with van der Waals surface area (Å²) in [5, 5.41) is 3.06. The van der Waals surface area contributed by atoms with Crippen LogP contribution in [0.2, 0.25) is 0 Å². The van der Waals surface area contributed by atoms with Gasteiger partial charge in [0.1, 0.15) is 0 Å². The first-order valence-corrected chi connectivity index (χ1v) is 8.46.